The number of rotatable bonds is 5. The van der Waals surface area contributed by atoms with Crippen molar-refractivity contribution in [1.29, 1.82) is 0 Å². The molecular weight excluding hydrogens is 330 g/mol. The third-order valence-electron chi connectivity index (χ3n) is 3.98. The molecule has 0 unspecified atom stereocenters. The predicted octanol–water partition coefficient (Wildman–Crippen LogP) is 4.46. The van der Waals surface area contributed by atoms with Crippen LogP contribution in [0.5, 0.6) is 0 Å². The van der Waals surface area contributed by atoms with E-state index in [-0.39, 0.29) is 6.61 Å². The molecule has 0 bridgehead atoms. The number of thiazole rings is 1. The first-order valence-electron chi connectivity index (χ1n) is 8.07. The third-order valence-corrected chi connectivity index (χ3v) is 4.92. The van der Waals surface area contributed by atoms with Crippen LogP contribution in [0.2, 0.25) is 0 Å². The molecule has 0 fully saturated rings. The summed E-state index contributed by atoms with van der Waals surface area (Å²) >= 11 is 1.63. The first kappa shape index (κ1) is 15.7. The Morgan fingerprint density at radius 2 is 1.76 bits per heavy atom. The molecule has 4 nitrogen and oxygen atoms in total. The number of hydrogen-bond donors (Lipinski definition) is 2. The topological polar surface area (TPSA) is 58.0 Å². The molecule has 0 atom stereocenters. The largest absolute Gasteiger partial charge is 0.392 e. The molecule has 4 aromatic rings. The summed E-state index contributed by atoms with van der Waals surface area (Å²) in [5, 5.41) is 17.0. The minimum Gasteiger partial charge on any atom is -0.392 e. The highest BCUT2D eigenvalue weighted by Gasteiger charge is 2.08. The zero-order chi connectivity index (χ0) is 17.1. The van der Waals surface area contributed by atoms with E-state index in [4.69, 9.17) is 0 Å². The Balaban J connectivity index is 1.55. The molecule has 0 aliphatic carbocycles. The highest BCUT2D eigenvalue weighted by Crippen LogP contribution is 2.25. The smallest absolute Gasteiger partial charge is 0.132 e. The summed E-state index contributed by atoms with van der Waals surface area (Å²) in [5.41, 5.74) is 3.78. The standard InChI is InChI=1S/C20H17N3OS/c24-12-16-10-15-8-4-5-9-18(15)23-19(16)21-11-17-13-25-20(22-17)14-6-2-1-3-7-14/h1-10,13,24H,11-12H2,(H,21,23). The van der Waals surface area contributed by atoms with Crippen molar-refractivity contribution in [3.05, 3.63) is 77.3 Å². The summed E-state index contributed by atoms with van der Waals surface area (Å²) in [6.45, 7) is 0.522. The van der Waals surface area contributed by atoms with Crippen molar-refractivity contribution in [1.82, 2.24) is 9.97 Å². The summed E-state index contributed by atoms with van der Waals surface area (Å²) in [5.74, 6) is 0.704. The maximum Gasteiger partial charge on any atom is 0.132 e. The summed E-state index contributed by atoms with van der Waals surface area (Å²) in [6, 6.07) is 20.0. The number of fused-ring (bicyclic) bond motifs is 1. The lowest BCUT2D eigenvalue weighted by atomic mass is 10.1. The zero-order valence-corrected chi connectivity index (χ0v) is 14.3. The van der Waals surface area contributed by atoms with Crippen LogP contribution in [-0.2, 0) is 13.2 Å². The fraction of sp³-hybridized carbons (Fsp3) is 0.100. The van der Waals surface area contributed by atoms with Gasteiger partial charge < -0.3 is 10.4 Å². The number of aliphatic hydroxyl groups is 1. The molecule has 0 aliphatic rings. The first-order valence-corrected chi connectivity index (χ1v) is 8.94. The van der Waals surface area contributed by atoms with E-state index in [1.54, 1.807) is 11.3 Å². The van der Waals surface area contributed by atoms with Crippen molar-refractivity contribution in [2.75, 3.05) is 5.32 Å². The van der Waals surface area contributed by atoms with Gasteiger partial charge in [0.1, 0.15) is 10.8 Å². The Kier molecular flexibility index (Phi) is 4.41. The Hall–Kier alpha value is -2.76. The van der Waals surface area contributed by atoms with Crippen molar-refractivity contribution >= 4 is 28.1 Å². The number of hydrogen-bond acceptors (Lipinski definition) is 5. The van der Waals surface area contributed by atoms with Gasteiger partial charge in [-0.05, 0) is 12.1 Å². The molecule has 0 spiro atoms. The van der Waals surface area contributed by atoms with E-state index >= 15 is 0 Å². The average molecular weight is 347 g/mol. The van der Waals surface area contributed by atoms with Gasteiger partial charge in [-0.25, -0.2) is 9.97 Å². The fourth-order valence-corrected chi connectivity index (χ4v) is 3.53. The molecular formula is C20H17N3OS. The second-order valence-electron chi connectivity index (χ2n) is 5.71. The van der Waals surface area contributed by atoms with Gasteiger partial charge in [-0.2, -0.15) is 0 Å². The molecule has 2 heterocycles. The number of pyridine rings is 1. The Morgan fingerprint density at radius 3 is 2.60 bits per heavy atom. The second kappa shape index (κ2) is 7.01. The van der Waals surface area contributed by atoms with Gasteiger partial charge in [-0.15, -0.1) is 11.3 Å². The van der Waals surface area contributed by atoms with Gasteiger partial charge in [0.05, 0.1) is 24.4 Å². The molecule has 0 saturated carbocycles. The van der Waals surface area contributed by atoms with Crippen LogP contribution in [0.15, 0.2) is 66.0 Å². The van der Waals surface area contributed by atoms with Crippen molar-refractivity contribution < 1.29 is 5.11 Å². The highest BCUT2D eigenvalue weighted by molar-refractivity contribution is 7.13. The second-order valence-corrected chi connectivity index (χ2v) is 6.57. The summed E-state index contributed by atoms with van der Waals surface area (Å²) in [7, 11) is 0. The average Bonchev–Trinajstić information content (AvgIpc) is 3.15. The lowest BCUT2D eigenvalue weighted by molar-refractivity contribution is 0.282. The first-order chi connectivity index (χ1) is 12.3. The van der Waals surface area contributed by atoms with Gasteiger partial charge in [-0.3, -0.25) is 0 Å². The van der Waals surface area contributed by atoms with Crippen molar-refractivity contribution in [2.24, 2.45) is 0 Å². The van der Waals surface area contributed by atoms with E-state index in [0.29, 0.717) is 12.4 Å². The summed E-state index contributed by atoms with van der Waals surface area (Å²) in [6.07, 6.45) is 0. The SMILES string of the molecule is OCc1cc2ccccc2nc1NCc1csc(-c2ccccc2)n1. The van der Waals surface area contributed by atoms with Crippen LogP contribution in [0, 0.1) is 0 Å². The quantitative estimate of drug-likeness (QED) is 0.559. The molecule has 2 N–H and O–H groups in total. The van der Waals surface area contributed by atoms with Crippen LogP contribution in [0.25, 0.3) is 21.5 Å². The number of nitrogens with zero attached hydrogens (tertiary/aromatic N) is 2. The van der Waals surface area contributed by atoms with Crippen LogP contribution in [0.1, 0.15) is 11.3 Å². The van der Waals surface area contributed by atoms with Gasteiger partial charge in [-0.1, -0.05) is 48.5 Å². The number of aromatic nitrogens is 2. The van der Waals surface area contributed by atoms with Gasteiger partial charge in [0.15, 0.2) is 0 Å². The maximum absolute atomic E-state index is 9.63. The van der Waals surface area contributed by atoms with E-state index in [9.17, 15) is 5.11 Å². The van der Waals surface area contributed by atoms with E-state index in [2.05, 4.69) is 32.8 Å². The van der Waals surface area contributed by atoms with E-state index in [0.717, 1.165) is 32.7 Å². The molecule has 5 heteroatoms. The minimum absolute atomic E-state index is 0.0491. The van der Waals surface area contributed by atoms with Crippen LogP contribution in [0.3, 0.4) is 0 Å². The molecule has 124 valence electrons. The molecule has 0 amide bonds. The molecule has 0 radical (unpaired) electrons. The summed E-state index contributed by atoms with van der Waals surface area (Å²) in [4.78, 5) is 9.31. The van der Waals surface area contributed by atoms with Crippen molar-refractivity contribution in [2.45, 2.75) is 13.2 Å². The van der Waals surface area contributed by atoms with E-state index in [1.807, 2.05) is 48.5 Å². The maximum atomic E-state index is 9.63. The fourth-order valence-electron chi connectivity index (χ4n) is 2.71. The molecule has 2 aromatic carbocycles. The van der Waals surface area contributed by atoms with Crippen molar-refractivity contribution in [3.63, 3.8) is 0 Å². The Morgan fingerprint density at radius 1 is 0.960 bits per heavy atom. The van der Waals surface area contributed by atoms with E-state index in [1.165, 1.54) is 0 Å². The number of benzene rings is 2. The zero-order valence-electron chi connectivity index (χ0n) is 13.5. The lowest BCUT2D eigenvalue weighted by Crippen LogP contribution is -2.05. The van der Waals surface area contributed by atoms with Crippen LogP contribution < -0.4 is 5.32 Å². The number of nitrogens with one attached hydrogen (secondary N) is 1. The van der Waals surface area contributed by atoms with Gasteiger partial charge in [0, 0.05) is 21.9 Å². The third kappa shape index (κ3) is 3.38. The van der Waals surface area contributed by atoms with Gasteiger partial charge in [0.2, 0.25) is 0 Å². The minimum atomic E-state index is -0.0491. The van der Waals surface area contributed by atoms with Crippen LogP contribution in [0.4, 0.5) is 5.82 Å². The van der Waals surface area contributed by atoms with Crippen LogP contribution >= 0.6 is 11.3 Å². The van der Waals surface area contributed by atoms with E-state index < -0.39 is 0 Å². The normalized spacial score (nSPS) is 10.9. The molecule has 2 aromatic heterocycles. The Labute approximate surface area is 149 Å². The summed E-state index contributed by atoms with van der Waals surface area (Å²) < 4.78 is 0. The molecule has 4 rings (SSSR count). The molecule has 25 heavy (non-hydrogen) atoms. The number of aliphatic hydroxyl groups excluding tert-OH is 1. The Bertz CT molecular complexity index is 998. The van der Waals surface area contributed by atoms with Crippen molar-refractivity contribution in [3.8, 4) is 10.6 Å². The van der Waals surface area contributed by atoms with Gasteiger partial charge in [0.25, 0.3) is 0 Å². The molecule has 0 aliphatic heterocycles. The monoisotopic (exact) mass is 347 g/mol. The number of para-hydroxylation sites is 1. The highest BCUT2D eigenvalue weighted by atomic mass is 32.1. The predicted molar refractivity (Wildman–Crippen MR) is 103 cm³/mol. The van der Waals surface area contributed by atoms with Gasteiger partial charge >= 0.3 is 0 Å². The lowest BCUT2D eigenvalue weighted by Gasteiger charge is -2.10. The van der Waals surface area contributed by atoms with Crippen LogP contribution in [-0.4, -0.2) is 15.1 Å². The number of anilines is 1. The molecule has 0 saturated heterocycles.